The molecule has 0 spiro atoms. The predicted molar refractivity (Wildman–Crippen MR) is 82.3 cm³/mol. The summed E-state index contributed by atoms with van der Waals surface area (Å²) in [6.45, 7) is 3.73. The molecule has 0 aliphatic carbocycles. The molecule has 1 aromatic heterocycles. The van der Waals surface area contributed by atoms with Crippen LogP contribution < -0.4 is 10.6 Å². The van der Waals surface area contributed by atoms with Crippen molar-refractivity contribution in [1.29, 1.82) is 0 Å². The fraction of sp³-hybridized carbons (Fsp3) is 0.286. The number of hydrogen-bond acceptors (Lipinski definition) is 2. The van der Waals surface area contributed by atoms with Crippen LogP contribution in [-0.4, -0.2) is 21.4 Å². The maximum Gasteiger partial charge on any atom is 0.171 e. The first-order chi connectivity index (χ1) is 9.28. The van der Waals surface area contributed by atoms with Crippen molar-refractivity contribution in [3.8, 4) is 0 Å². The molecule has 0 aliphatic heterocycles. The fourth-order valence-electron chi connectivity index (χ4n) is 1.69. The molecule has 0 amide bonds. The van der Waals surface area contributed by atoms with E-state index in [1.54, 1.807) is 0 Å². The third kappa shape index (κ3) is 4.37. The van der Waals surface area contributed by atoms with E-state index in [9.17, 15) is 0 Å². The van der Waals surface area contributed by atoms with Gasteiger partial charge in [-0.25, -0.2) is 0 Å². The van der Waals surface area contributed by atoms with Gasteiger partial charge in [-0.3, -0.25) is 4.68 Å². The number of nitrogens with zero attached hydrogens (tertiary/aromatic N) is 2. The zero-order valence-corrected chi connectivity index (χ0v) is 11.8. The van der Waals surface area contributed by atoms with E-state index in [-0.39, 0.29) is 0 Å². The lowest BCUT2D eigenvalue weighted by Crippen LogP contribution is -2.29. The van der Waals surface area contributed by atoms with Gasteiger partial charge in [0.05, 0.1) is 6.54 Å². The van der Waals surface area contributed by atoms with E-state index < -0.39 is 0 Å². The highest BCUT2D eigenvalue weighted by Crippen LogP contribution is 2.06. The molecule has 19 heavy (non-hydrogen) atoms. The van der Waals surface area contributed by atoms with Gasteiger partial charge >= 0.3 is 0 Å². The SMILES string of the molecule is CCCNC(=S)Nc1ccn(Cc2ccccc2)n1. The van der Waals surface area contributed by atoms with Crippen LogP contribution in [0.5, 0.6) is 0 Å². The van der Waals surface area contributed by atoms with Gasteiger partial charge in [0, 0.05) is 18.8 Å². The van der Waals surface area contributed by atoms with Crippen molar-refractivity contribution in [2.75, 3.05) is 11.9 Å². The van der Waals surface area contributed by atoms with Crippen LogP contribution in [0.1, 0.15) is 18.9 Å². The van der Waals surface area contributed by atoms with Gasteiger partial charge in [-0.05, 0) is 24.2 Å². The van der Waals surface area contributed by atoms with Crippen LogP contribution in [0.3, 0.4) is 0 Å². The maximum absolute atomic E-state index is 5.17. The molecule has 100 valence electrons. The lowest BCUT2D eigenvalue weighted by Gasteiger charge is -2.06. The smallest absolute Gasteiger partial charge is 0.171 e. The molecule has 0 saturated carbocycles. The van der Waals surface area contributed by atoms with Crippen LogP contribution in [-0.2, 0) is 6.54 Å². The standard InChI is InChI=1S/C14H18N4S/c1-2-9-15-14(19)16-13-8-10-18(17-13)11-12-6-4-3-5-7-12/h3-8,10H,2,9,11H2,1H3,(H2,15,16,17,19). The molecule has 1 heterocycles. The number of aromatic nitrogens is 2. The van der Waals surface area contributed by atoms with Crippen molar-refractivity contribution in [3.05, 3.63) is 48.2 Å². The van der Waals surface area contributed by atoms with E-state index in [2.05, 4.69) is 34.8 Å². The molecule has 2 aromatic rings. The number of rotatable bonds is 5. The molecule has 0 fully saturated rings. The second-order valence-electron chi connectivity index (χ2n) is 4.27. The highest BCUT2D eigenvalue weighted by molar-refractivity contribution is 7.80. The van der Waals surface area contributed by atoms with Crippen molar-refractivity contribution >= 4 is 23.1 Å². The van der Waals surface area contributed by atoms with Crippen LogP contribution in [0, 0.1) is 0 Å². The van der Waals surface area contributed by atoms with Gasteiger partial charge in [0.15, 0.2) is 10.9 Å². The lowest BCUT2D eigenvalue weighted by molar-refractivity contribution is 0.690. The second-order valence-corrected chi connectivity index (χ2v) is 4.67. The summed E-state index contributed by atoms with van der Waals surface area (Å²) in [5.74, 6) is 0.768. The van der Waals surface area contributed by atoms with Gasteiger partial charge in [-0.2, -0.15) is 5.10 Å². The van der Waals surface area contributed by atoms with Crippen LogP contribution >= 0.6 is 12.2 Å². The van der Waals surface area contributed by atoms with Gasteiger partial charge in [-0.15, -0.1) is 0 Å². The molecule has 0 saturated heterocycles. The average Bonchev–Trinajstić information content (AvgIpc) is 2.85. The summed E-state index contributed by atoms with van der Waals surface area (Å²) in [4.78, 5) is 0. The monoisotopic (exact) mass is 274 g/mol. The fourth-order valence-corrected chi connectivity index (χ4v) is 1.89. The number of thiocarbonyl (C=S) groups is 1. The molecule has 4 nitrogen and oxygen atoms in total. The summed E-state index contributed by atoms with van der Waals surface area (Å²) in [6.07, 6.45) is 2.99. The quantitative estimate of drug-likeness (QED) is 0.823. The zero-order valence-electron chi connectivity index (χ0n) is 11.0. The Morgan fingerprint density at radius 3 is 2.79 bits per heavy atom. The minimum atomic E-state index is 0.617. The third-order valence-corrected chi connectivity index (χ3v) is 2.85. The Hall–Kier alpha value is -1.88. The number of benzene rings is 1. The summed E-state index contributed by atoms with van der Waals surface area (Å²) in [5.41, 5.74) is 1.23. The van der Waals surface area contributed by atoms with Crippen molar-refractivity contribution in [2.24, 2.45) is 0 Å². The van der Waals surface area contributed by atoms with Gasteiger partial charge in [-0.1, -0.05) is 37.3 Å². The van der Waals surface area contributed by atoms with Gasteiger partial charge in [0.25, 0.3) is 0 Å². The van der Waals surface area contributed by atoms with Crippen LogP contribution in [0.4, 0.5) is 5.82 Å². The second kappa shape index (κ2) is 6.89. The Kier molecular flexibility index (Phi) is 4.92. The molecule has 0 aliphatic rings. The van der Waals surface area contributed by atoms with E-state index in [4.69, 9.17) is 12.2 Å². The Morgan fingerprint density at radius 2 is 2.05 bits per heavy atom. The summed E-state index contributed by atoms with van der Waals surface area (Å²) in [7, 11) is 0. The largest absolute Gasteiger partial charge is 0.362 e. The molecule has 0 unspecified atom stereocenters. The first-order valence-electron chi connectivity index (χ1n) is 6.40. The highest BCUT2D eigenvalue weighted by atomic mass is 32.1. The molecule has 1 aromatic carbocycles. The molecular formula is C14H18N4S. The number of hydrogen-bond donors (Lipinski definition) is 2. The van der Waals surface area contributed by atoms with E-state index in [1.165, 1.54) is 5.56 Å². The number of nitrogens with one attached hydrogen (secondary N) is 2. The Morgan fingerprint density at radius 1 is 1.26 bits per heavy atom. The summed E-state index contributed by atoms with van der Waals surface area (Å²) in [5, 5.41) is 11.2. The Bertz CT molecular complexity index is 521. The Balaban J connectivity index is 1.90. The summed E-state index contributed by atoms with van der Waals surface area (Å²) < 4.78 is 1.89. The molecule has 2 rings (SSSR count). The first-order valence-corrected chi connectivity index (χ1v) is 6.81. The summed E-state index contributed by atoms with van der Waals surface area (Å²) in [6, 6.07) is 12.2. The van der Waals surface area contributed by atoms with Gasteiger partial charge in [0.2, 0.25) is 0 Å². The molecule has 5 heteroatoms. The van der Waals surface area contributed by atoms with Gasteiger partial charge < -0.3 is 10.6 Å². The zero-order chi connectivity index (χ0) is 13.5. The van der Waals surface area contributed by atoms with Crippen molar-refractivity contribution in [1.82, 2.24) is 15.1 Å². The highest BCUT2D eigenvalue weighted by Gasteiger charge is 2.01. The average molecular weight is 274 g/mol. The van der Waals surface area contributed by atoms with Crippen molar-refractivity contribution < 1.29 is 0 Å². The maximum atomic E-state index is 5.17. The van der Waals surface area contributed by atoms with Crippen molar-refractivity contribution in [3.63, 3.8) is 0 Å². The van der Waals surface area contributed by atoms with Gasteiger partial charge in [0.1, 0.15) is 0 Å². The van der Waals surface area contributed by atoms with Crippen LogP contribution in [0.25, 0.3) is 0 Å². The van der Waals surface area contributed by atoms with Crippen LogP contribution in [0.15, 0.2) is 42.6 Å². The Labute approximate surface area is 118 Å². The number of anilines is 1. The van der Waals surface area contributed by atoms with E-state index in [1.807, 2.05) is 35.1 Å². The molecular weight excluding hydrogens is 256 g/mol. The lowest BCUT2D eigenvalue weighted by atomic mass is 10.2. The molecule has 0 bridgehead atoms. The normalized spacial score (nSPS) is 10.2. The predicted octanol–water partition coefficient (Wildman–Crippen LogP) is 2.63. The molecule has 0 radical (unpaired) electrons. The molecule has 2 N–H and O–H groups in total. The van der Waals surface area contributed by atoms with E-state index >= 15 is 0 Å². The molecule has 0 atom stereocenters. The first kappa shape index (κ1) is 13.5. The van der Waals surface area contributed by atoms with Crippen LogP contribution in [0.2, 0.25) is 0 Å². The summed E-state index contributed by atoms with van der Waals surface area (Å²) >= 11 is 5.17. The minimum Gasteiger partial charge on any atom is -0.362 e. The topological polar surface area (TPSA) is 41.9 Å². The van der Waals surface area contributed by atoms with Crippen molar-refractivity contribution in [2.45, 2.75) is 19.9 Å². The third-order valence-electron chi connectivity index (χ3n) is 2.61. The van der Waals surface area contributed by atoms with E-state index in [0.29, 0.717) is 5.11 Å². The minimum absolute atomic E-state index is 0.617. The van der Waals surface area contributed by atoms with E-state index in [0.717, 1.165) is 25.3 Å².